The molecule has 0 bridgehead atoms. The quantitative estimate of drug-likeness (QED) is 0.644. The van der Waals surface area contributed by atoms with E-state index in [0.29, 0.717) is 24.7 Å². The standard InChI is InChI=1S/C16H27N5O2.ClH/c22-14(18-7-2-10-21-11-8-17-9-12-21)3-1-4-15-19-16(20-23-15)13-5-6-13;/h13,17H,1-12H2,(H,18,22);1H. The second kappa shape index (κ2) is 9.96. The summed E-state index contributed by atoms with van der Waals surface area (Å²) in [4.78, 5) is 18.6. The van der Waals surface area contributed by atoms with Gasteiger partial charge < -0.3 is 20.1 Å². The Morgan fingerprint density at radius 2 is 2.08 bits per heavy atom. The van der Waals surface area contributed by atoms with Crippen LogP contribution in [0.2, 0.25) is 0 Å². The molecule has 0 unspecified atom stereocenters. The largest absolute Gasteiger partial charge is 0.356 e. The zero-order valence-electron chi connectivity index (χ0n) is 14.1. The lowest BCUT2D eigenvalue weighted by Crippen LogP contribution is -2.44. The maximum absolute atomic E-state index is 11.8. The second-order valence-electron chi connectivity index (χ2n) is 6.47. The molecule has 3 rings (SSSR count). The van der Waals surface area contributed by atoms with Crippen molar-refractivity contribution in [2.24, 2.45) is 0 Å². The summed E-state index contributed by atoms with van der Waals surface area (Å²) in [5.41, 5.74) is 0. The van der Waals surface area contributed by atoms with Crippen molar-refractivity contribution in [2.45, 2.75) is 44.4 Å². The van der Waals surface area contributed by atoms with E-state index in [1.165, 1.54) is 12.8 Å². The van der Waals surface area contributed by atoms with Gasteiger partial charge in [0.05, 0.1) is 0 Å². The van der Waals surface area contributed by atoms with Gasteiger partial charge in [-0.2, -0.15) is 4.98 Å². The number of carbonyl (C=O) groups is 1. The highest BCUT2D eigenvalue weighted by molar-refractivity contribution is 5.85. The van der Waals surface area contributed by atoms with Crippen LogP contribution in [-0.2, 0) is 11.2 Å². The molecule has 2 N–H and O–H groups in total. The van der Waals surface area contributed by atoms with Crippen molar-refractivity contribution in [3.8, 4) is 0 Å². The van der Waals surface area contributed by atoms with Crippen LogP contribution in [0.1, 0.15) is 49.7 Å². The maximum atomic E-state index is 11.8. The summed E-state index contributed by atoms with van der Waals surface area (Å²) < 4.78 is 5.21. The lowest BCUT2D eigenvalue weighted by Gasteiger charge is -2.27. The molecule has 2 fully saturated rings. The van der Waals surface area contributed by atoms with Crippen LogP contribution in [0.15, 0.2) is 4.52 Å². The highest BCUT2D eigenvalue weighted by atomic mass is 35.5. The summed E-state index contributed by atoms with van der Waals surface area (Å²) in [6.07, 6.45) is 5.34. The summed E-state index contributed by atoms with van der Waals surface area (Å²) >= 11 is 0. The van der Waals surface area contributed by atoms with E-state index in [9.17, 15) is 4.79 Å². The van der Waals surface area contributed by atoms with Gasteiger partial charge in [0.1, 0.15) is 0 Å². The van der Waals surface area contributed by atoms with E-state index in [0.717, 1.165) is 57.9 Å². The van der Waals surface area contributed by atoms with E-state index in [2.05, 4.69) is 25.7 Å². The highest BCUT2D eigenvalue weighted by Gasteiger charge is 2.28. The molecule has 1 saturated carbocycles. The SMILES string of the molecule is Cl.O=C(CCCc1nc(C2CC2)no1)NCCCN1CCNCC1. The number of piperazine rings is 1. The van der Waals surface area contributed by atoms with Crippen LogP contribution >= 0.6 is 12.4 Å². The molecule has 0 spiro atoms. The minimum atomic E-state index is 0. The van der Waals surface area contributed by atoms with Crippen LogP contribution in [0, 0.1) is 0 Å². The van der Waals surface area contributed by atoms with Crippen molar-refractivity contribution in [3.63, 3.8) is 0 Å². The molecule has 2 heterocycles. The van der Waals surface area contributed by atoms with Crippen molar-refractivity contribution in [1.82, 2.24) is 25.7 Å². The second-order valence-corrected chi connectivity index (χ2v) is 6.47. The Kier molecular flexibility index (Phi) is 7.94. The van der Waals surface area contributed by atoms with E-state index in [1.54, 1.807) is 0 Å². The van der Waals surface area contributed by atoms with Crippen molar-refractivity contribution < 1.29 is 9.32 Å². The van der Waals surface area contributed by atoms with E-state index in [4.69, 9.17) is 4.52 Å². The number of amides is 1. The molecule has 0 aromatic carbocycles. The Labute approximate surface area is 149 Å². The van der Waals surface area contributed by atoms with Crippen LogP contribution in [0.25, 0.3) is 0 Å². The molecule has 7 nitrogen and oxygen atoms in total. The fraction of sp³-hybridized carbons (Fsp3) is 0.812. The molecule has 1 saturated heterocycles. The van der Waals surface area contributed by atoms with Gasteiger partial charge >= 0.3 is 0 Å². The molecule has 2 aliphatic rings. The first-order valence-corrected chi connectivity index (χ1v) is 8.83. The van der Waals surface area contributed by atoms with Gasteiger partial charge in [0, 0.05) is 51.5 Å². The highest BCUT2D eigenvalue weighted by Crippen LogP contribution is 2.38. The average molecular weight is 358 g/mol. The summed E-state index contributed by atoms with van der Waals surface area (Å²) in [6.45, 7) is 6.19. The van der Waals surface area contributed by atoms with E-state index < -0.39 is 0 Å². The summed E-state index contributed by atoms with van der Waals surface area (Å²) in [6, 6.07) is 0. The molecule has 1 aliphatic carbocycles. The van der Waals surface area contributed by atoms with Crippen LogP contribution in [0.3, 0.4) is 0 Å². The first kappa shape index (κ1) is 19.1. The molecule has 1 aliphatic heterocycles. The summed E-state index contributed by atoms with van der Waals surface area (Å²) in [7, 11) is 0. The molecule has 24 heavy (non-hydrogen) atoms. The third kappa shape index (κ3) is 6.37. The molecular weight excluding hydrogens is 330 g/mol. The number of hydrogen-bond donors (Lipinski definition) is 2. The minimum absolute atomic E-state index is 0. The van der Waals surface area contributed by atoms with E-state index in [1.807, 2.05) is 0 Å². The Morgan fingerprint density at radius 3 is 2.83 bits per heavy atom. The number of rotatable bonds is 9. The van der Waals surface area contributed by atoms with Gasteiger partial charge in [-0.15, -0.1) is 12.4 Å². The fourth-order valence-electron chi connectivity index (χ4n) is 2.83. The lowest BCUT2D eigenvalue weighted by atomic mass is 10.2. The molecular formula is C16H28ClN5O2. The van der Waals surface area contributed by atoms with Gasteiger partial charge in [-0.1, -0.05) is 5.16 Å². The third-order valence-electron chi connectivity index (χ3n) is 4.40. The smallest absolute Gasteiger partial charge is 0.226 e. The number of hydrogen-bond acceptors (Lipinski definition) is 6. The Hall–Kier alpha value is -1.18. The number of halogens is 1. The van der Waals surface area contributed by atoms with Gasteiger partial charge in [-0.25, -0.2) is 0 Å². The maximum Gasteiger partial charge on any atom is 0.226 e. The van der Waals surface area contributed by atoms with Crippen molar-refractivity contribution in [3.05, 3.63) is 11.7 Å². The van der Waals surface area contributed by atoms with E-state index in [-0.39, 0.29) is 18.3 Å². The van der Waals surface area contributed by atoms with E-state index >= 15 is 0 Å². The van der Waals surface area contributed by atoms with Crippen LogP contribution in [0.4, 0.5) is 0 Å². The Morgan fingerprint density at radius 1 is 1.29 bits per heavy atom. The molecule has 1 aromatic heterocycles. The van der Waals surface area contributed by atoms with Crippen molar-refractivity contribution in [2.75, 3.05) is 39.3 Å². The number of carbonyl (C=O) groups excluding carboxylic acids is 1. The zero-order chi connectivity index (χ0) is 15.9. The molecule has 1 aromatic rings. The number of aryl methyl sites for hydroxylation is 1. The van der Waals surface area contributed by atoms with Crippen LogP contribution < -0.4 is 10.6 Å². The summed E-state index contributed by atoms with van der Waals surface area (Å²) in [5, 5.41) is 10.3. The number of nitrogens with one attached hydrogen (secondary N) is 2. The Bertz CT molecular complexity index is 500. The number of nitrogens with zero attached hydrogens (tertiary/aromatic N) is 3. The third-order valence-corrected chi connectivity index (χ3v) is 4.40. The van der Waals surface area contributed by atoms with Gasteiger partial charge in [-0.3, -0.25) is 4.79 Å². The zero-order valence-corrected chi connectivity index (χ0v) is 14.9. The monoisotopic (exact) mass is 357 g/mol. The van der Waals surface area contributed by atoms with Gasteiger partial charge in [0.2, 0.25) is 11.8 Å². The lowest BCUT2D eigenvalue weighted by molar-refractivity contribution is -0.121. The van der Waals surface area contributed by atoms with Gasteiger partial charge in [0.15, 0.2) is 5.82 Å². The molecule has 136 valence electrons. The van der Waals surface area contributed by atoms with Crippen LogP contribution in [-0.4, -0.2) is 60.2 Å². The van der Waals surface area contributed by atoms with Crippen molar-refractivity contribution >= 4 is 18.3 Å². The summed E-state index contributed by atoms with van der Waals surface area (Å²) in [5.74, 6) is 2.15. The fourth-order valence-corrected chi connectivity index (χ4v) is 2.83. The van der Waals surface area contributed by atoms with Gasteiger partial charge in [0.25, 0.3) is 0 Å². The predicted octanol–water partition coefficient (Wildman–Crippen LogP) is 1.10. The van der Waals surface area contributed by atoms with Gasteiger partial charge in [-0.05, 0) is 32.2 Å². The normalized spacial score (nSPS) is 18.2. The Balaban J connectivity index is 0.00000208. The molecule has 8 heteroatoms. The predicted molar refractivity (Wildman–Crippen MR) is 93.4 cm³/mol. The first-order chi connectivity index (χ1) is 11.3. The first-order valence-electron chi connectivity index (χ1n) is 8.83. The van der Waals surface area contributed by atoms with Crippen LogP contribution in [0.5, 0.6) is 0 Å². The molecule has 0 atom stereocenters. The number of aromatic nitrogens is 2. The average Bonchev–Trinajstić information content (AvgIpc) is 3.32. The topological polar surface area (TPSA) is 83.3 Å². The minimum Gasteiger partial charge on any atom is -0.356 e. The van der Waals surface area contributed by atoms with Crippen molar-refractivity contribution in [1.29, 1.82) is 0 Å². The molecule has 1 amide bonds. The molecule has 0 radical (unpaired) electrons.